The Balaban J connectivity index is 1.62. The van der Waals surface area contributed by atoms with E-state index in [0.29, 0.717) is 12.8 Å². The third kappa shape index (κ3) is 3.99. The fourth-order valence-electron chi connectivity index (χ4n) is 3.17. The molecule has 0 radical (unpaired) electrons. The van der Waals surface area contributed by atoms with Crippen LogP contribution in [0.5, 0.6) is 0 Å². The molecule has 23 heavy (non-hydrogen) atoms. The number of hydrogen-bond acceptors (Lipinski definition) is 3. The van der Waals surface area contributed by atoms with Crippen LogP contribution in [0.15, 0.2) is 48.5 Å². The second-order valence-corrected chi connectivity index (χ2v) is 6.73. The maximum absolute atomic E-state index is 10.1. The van der Waals surface area contributed by atoms with Crippen LogP contribution in [0.25, 0.3) is 11.1 Å². The van der Waals surface area contributed by atoms with Gasteiger partial charge in [-0.1, -0.05) is 54.1 Å². The van der Waals surface area contributed by atoms with Crippen LogP contribution in [0.4, 0.5) is 0 Å². The molecular formula is C20H25NO2. The SMILES string of the molecule is Cc1cccc(-c2ccc(CN3CCC(O)(CO)CC3)cc2)c1. The van der Waals surface area contributed by atoms with E-state index in [9.17, 15) is 10.2 Å². The van der Waals surface area contributed by atoms with Crippen molar-refractivity contribution in [2.45, 2.75) is 31.9 Å². The van der Waals surface area contributed by atoms with E-state index in [0.717, 1.165) is 19.6 Å². The van der Waals surface area contributed by atoms with E-state index in [4.69, 9.17) is 0 Å². The topological polar surface area (TPSA) is 43.7 Å². The fourth-order valence-corrected chi connectivity index (χ4v) is 3.17. The molecule has 122 valence electrons. The Morgan fingerprint density at radius 2 is 1.70 bits per heavy atom. The normalized spacial score (nSPS) is 18.0. The van der Waals surface area contributed by atoms with Gasteiger partial charge >= 0.3 is 0 Å². The summed E-state index contributed by atoms with van der Waals surface area (Å²) in [6.07, 6.45) is 1.29. The molecule has 2 N–H and O–H groups in total. The van der Waals surface area contributed by atoms with Crippen LogP contribution < -0.4 is 0 Å². The van der Waals surface area contributed by atoms with Gasteiger partial charge < -0.3 is 10.2 Å². The molecule has 3 nitrogen and oxygen atoms in total. The third-order valence-electron chi connectivity index (χ3n) is 4.79. The molecular weight excluding hydrogens is 286 g/mol. The Morgan fingerprint density at radius 1 is 1.00 bits per heavy atom. The molecule has 1 aliphatic heterocycles. The lowest BCUT2D eigenvalue weighted by molar-refractivity contribution is -0.0606. The molecule has 0 saturated carbocycles. The highest BCUT2D eigenvalue weighted by atomic mass is 16.3. The highest BCUT2D eigenvalue weighted by Crippen LogP contribution is 2.24. The molecule has 3 rings (SSSR count). The molecule has 3 heteroatoms. The minimum Gasteiger partial charge on any atom is -0.393 e. The molecule has 0 bridgehead atoms. The van der Waals surface area contributed by atoms with Crippen molar-refractivity contribution in [3.05, 3.63) is 59.7 Å². The smallest absolute Gasteiger partial charge is 0.0901 e. The summed E-state index contributed by atoms with van der Waals surface area (Å²) < 4.78 is 0. The Hall–Kier alpha value is -1.68. The average Bonchev–Trinajstić information content (AvgIpc) is 2.58. The van der Waals surface area contributed by atoms with Gasteiger partial charge in [0.25, 0.3) is 0 Å². The zero-order valence-electron chi connectivity index (χ0n) is 13.7. The zero-order chi connectivity index (χ0) is 16.3. The second-order valence-electron chi connectivity index (χ2n) is 6.73. The lowest BCUT2D eigenvalue weighted by Gasteiger charge is -2.37. The van der Waals surface area contributed by atoms with E-state index < -0.39 is 5.60 Å². The quantitative estimate of drug-likeness (QED) is 0.912. The summed E-state index contributed by atoms with van der Waals surface area (Å²) in [5.74, 6) is 0. The minimum atomic E-state index is -0.870. The number of nitrogens with zero attached hydrogens (tertiary/aromatic N) is 1. The van der Waals surface area contributed by atoms with Gasteiger partial charge in [-0.15, -0.1) is 0 Å². The molecule has 0 unspecified atom stereocenters. The summed E-state index contributed by atoms with van der Waals surface area (Å²) >= 11 is 0. The third-order valence-corrected chi connectivity index (χ3v) is 4.79. The lowest BCUT2D eigenvalue weighted by Crippen LogP contribution is -2.46. The first-order chi connectivity index (χ1) is 11.1. The molecule has 0 amide bonds. The molecule has 1 heterocycles. The average molecular weight is 311 g/mol. The van der Waals surface area contributed by atoms with Crippen LogP contribution in [-0.2, 0) is 6.54 Å². The Labute approximate surface area is 138 Å². The van der Waals surface area contributed by atoms with Gasteiger partial charge in [-0.3, -0.25) is 4.90 Å². The predicted octanol–water partition coefficient (Wildman–Crippen LogP) is 2.98. The van der Waals surface area contributed by atoms with E-state index in [1.165, 1.54) is 22.3 Å². The molecule has 2 aromatic carbocycles. The highest BCUT2D eigenvalue weighted by Gasteiger charge is 2.31. The van der Waals surface area contributed by atoms with E-state index in [1.54, 1.807) is 0 Å². The van der Waals surface area contributed by atoms with Gasteiger partial charge in [-0.25, -0.2) is 0 Å². The minimum absolute atomic E-state index is 0.133. The van der Waals surface area contributed by atoms with Gasteiger partial charge in [0.1, 0.15) is 0 Å². The maximum atomic E-state index is 10.1. The Bertz CT molecular complexity index is 643. The van der Waals surface area contributed by atoms with Crippen molar-refractivity contribution in [2.75, 3.05) is 19.7 Å². The van der Waals surface area contributed by atoms with Gasteiger partial charge in [0.05, 0.1) is 12.2 Å². The molecule has 2 aromatic rings. The maximum Gasteiger partial charge on any atom is 0.0901 e. The van der Waals surface area contributed by atoms with Crippen molar-refractivity contribution < 1.29 is 10.2 Å². The number of aliphatic hydroxyl groups excluding tert-OH is 1. The van der Waals surface area contributed by atoms with Crippen molar-refractivity contribution in [3.63, 3.8) is 0 Å². The lowest BCUT2D eigenvalue weighted by atomic mass is 9.92. The predicted molar refractivity (Wildman–Crippen MR) is 93.2 cm³/mol. The van der Waals surface area contributed by atoms with Crippen LogP contribution in [0.3, 0.4) is 0 Å². The standard InChI is InChI=1S/C20H25NO2/c1-16-3-2-4-19(13-16)18-7-5-17(6-8-18)14-21-11-9-20(23,15-22)10-12-21/h2-8,13,22-23H,9-12,14-15H2,1H3. The van der Waals surface area contributed by atoms with E-state index >= 15 is 0 Å². The van der Waals surface area contributed by atoms with Gasteiger partial charge in [-0.05, 0) is 36.5 Å². The number of benzene rings is 2. The molecule has 0 atom stereocenters. The van der Waals surface area contributed by atoms with Crippen LogP contribution >= 0.6 is 0 Å². The van der Waals surface area contributed by atoms with Gasteiger partial charge in [0.2, 0.25) is 0 Å². The number of rotatable bonds is 4. The largest absolute Gasteiger partial charge is 0.393 e. The molecule has 0 aromatic heterocycles. The number of aryl methyl sites for hydroxylation is 1. The van der Waals surface area contributed by atoms with Crippen molar-refractivity contribution in [1.29, 1.82) is 0 Å². The molecule has 1 fully saturated rings. The molecule has 1 saturated heterocycles. The van der Waals surface area contributed by atoms with Crippen LogP contribution in [0, 0.1) is 6.92 Å². The van der Waals surface area contributed by atoms with Crippen molar-refractivity contribution in [1.82, 2.24) is 4.90 Å². The van der Waals surface area contributed by atoms with Gasteiger partial charge in [-0.2, -0.15) is 0 Å². The highest BCUT2D eigenvalue weighted by molar-refractivity contribution is 5.64. The van der Waals surface area contributed by atoms with Gasteiger partial charge in [0, 0.05) is 19.6 Å². The first-order valence-electron chi connectivity index (χ1n) is 8.30. The van der Waals surface area contributed by atoms with Crippen molar-refractivity contribution in [3.8, 4) is 11.1 Å². The molecule has 0 aliphatic carbocycles. The van der Waals surface area contributed by atoms with E-state index in [2.05, 4.69) is 60.4 Å². The van der Waals surface area contributed by atoms with Crippen LogP contribution in [0.2, 0.25) is 0 Å². The zero-order valence-corrected chi connectivity index (χ0v) is 13.7. The number of likely N-dealkylation sites (tertiary alicyclic amines) is 1. The molecule has 0 spiro atoms. The van der Waals surface area contributed by atoms with E-state index in [1.807, 2.05) is 0 Å². The Kier molecular flexibility index (Phi) is 4.81. The number of hydrogen-bond donors (Lipinski definition) is 2. The first-order valence-corrected chi connectivity index (χ1v) is 8.30. The monoisotopic (exact) mass is 311 g/mol. The summed E-state index contributed by atoms with van der Waals surface area (Å²) in [5.41, 5.74) is 4.19. The second kappa shape index (κ2) is 6.83. The fraction of sp³-hybridized carbons (Fsp3) is 0.400. The summed E-state index contributed by atoms with van der Waals surface area (Å²) in [5, 5.41) is 19.3. The summed E-state index contributed by atoms with van der Waals surface area (Å²) in [6.45, 7) is 4.54. The van der Waals surface area contributed by atoms with Crippen molar-refractivity contribution >= 4 is 0 Å². The van der Waals surface area contributed by atoms with Gasteiger partial charge in [0.15, 0.2) is 0 Å². The van der Waals surface area contributed by atoms with Crippen LogP contribution in [-0.4, -0.2) is 40.4 Å². The Morgan fingerprint density at radius 3 is 2.30 bits per heavy atom. The number of aliphatic hydroxyl groups is 2. The van der Waals surface area contributed by atoms with E-state index in [-0.39, 0.29) is 6.61 Å². The summed E-state index contributed by atoms with van der Waals surface area (Å²) in [4.78, 5) is 2.34. The number of piperidine rings is 1. The van der Waals surface area contributed by atoms with Crippen molar-refractivity contribution in [2.24, 2.45) is 0 Å². The summed E-state index contributed by atoms with van der Waals surface area (Å²) in [7, 11) is 0. The van der Waals surface area contributed by atoms with Crippen LogP contribution in [0.1, 0.15) is 24.0 Å². The first kappa shape index (κ1) is 16.2. The molecule has 1 aliphatic rings. The summed E-state index contributed by atoms with van der Waals surface area (Å²) in [6, 6.07) is 17.3.